The molecule has 0 aliphatic rings. The summed E-state index contributed by atoms with van der Waals surface area (Å²) < 4.78 is 13.6. The Balaban J connectivity index is 2.43. The van der Waals surface area contributed by atoms with Gasteiger partial charge in [-0.3, -0.25) is 4.98 Å². The van der Waals surface area contributed by atoms with E-state index in [1.165, 1.54) is 6.07 Å². The van der Waals surface area contributed by atoms with Gasteiger partial charge in [-0.2, -0.15) is 0 Å². The van der Waals surface area contributed by atoms with Gasteiger partial charge in [0, 0.05) is 29.6 Å². The topological polar surface area (TPSA) is 24.9 Å². The largest absolute Gasteiger partial charge is 0.313 e. The van der Waals surface area contributed by atoms with E-state index in [1.54, 1.807) is 24.5 Å². The lowest BCUT2D eigenvalue weighted by Crippen LogP contribution is -2.12. The van der Waals surface area contributed by atoms with Crippen molar-refractivity contribution >= 4 is 0 Å². The maximum absolute atomic E-state index is 13.6. The Bertz CT molecular complexity index is 511. The minimum Gasteiger partial charge on any atom is -0.313 e. The van der Waals surface area contributed by atoms with E-state index in [4.69, 9.17) is 0 Å². The number of rotatable bonds is 3. The molecule has 1 aromatic carbocycles. The van der Waals surface area contributed by atoms with E-state index < -0.39 is 0 Å². The molecule has 0 saturated carbocycles. The maximum Gasteiger partial charge on any atom is 0.131 e. The van der Waals surface area contributed by atoms with E-state index in [0.29, 0.717) is 5.56 Å². The van der Waals surface area contributed by atoms with Crippen molar-refractivity contribution in [1.82, 2.24) is 10.3 Å². The normalized spacial score (nSPS) is 12.4. The molecule has 1 N–H and O–H groups in total. The summed E-state index contributed by atoms with van der Waals surface area (Å²) in [6, 6.07) is 8.91. The predicted octanol–water partition coefficient (Wildman–Crippen LogP) is 3.17. The fraction of sp³-hybridized carbons (Fsp3) is 0.214. The fourth-order valence-corrected chi connectivity index (χ4v) is 1.70. The third kappa shape index (κ3) is 2.50. The number of halogens is 1. The maximum atomic E-state index is 13.6. The zero-order valence-electron chi connectivity index (χ0n) is 9.94. The highest BCUT2D eigenvalue weighted by Gasteiger charge is 2.08. The lowest BCUT2D eigenvalue weighted by Gasteiger charge is -2.11. The Labute approximate surface area is 101 Å². The zero-order chi connectivity index (χ0) is 12.3. The smallest absolute Gasteiger partial charge is 0.131 e. The summed E-state index contributed by atoms with van der Waals surface area (Å²) in [5, 5.41) is 3.14. The van der Waals surface area contributed by atoms with Crippen LogP contribution in [0.15, 0.2) is 42.7 Å². The van der Waals surface area contributed by atoms with Gasteiger partial charge < -0.3 is 5.32 Å². The van der Waals surface area contributed by atoms with Crippen molar-refractivity contribution in [2.45, 2.75) is 13.0 Å². The lowest BCUT2D eigenvalue weighted by atomic mass is 10.0. The van der Waals surface area contributed by atoms with E-state index >= 15 is 0 Å². The van der Waals surface area contributed by atoms with Crippen molar-refractivity contribution in [3.63, 3.8) is 0 Å². The predicted molar refractivity (Wildman–Crippen MR) is 67.1 cm³/mol. The molecule has 0 spiro atoms. The van der Waals surface area contributed by atoms with Gasteiger partial charge in [0.05, 0.1) is 0 Å². The highest BCUT2D eigenvalue weighted by Crippen LogP contribution is 2.24. The Morgan fingerprint density at radius 2 is 2.00 bits per heavy atom. The van der Waals surface area contributed by atoms with Crippen molar-refractivity contribution in [2.75, 3.05) is 7.05 Å². The summed E-state index contributed by atoms with van der Waals surface area (Å²) in [7, 11) is 1.89. The number of aromatic nitrogens is 1. The first-order valence-corrected chi connectivity index (χ1v) is 5.59. The molecular formula is C14H15FN2. The van der Waals surface area contributed by atoms with Gasteiger partial charge in [-0.05, 0) is 31.7 Å². The zero-order valence-corrected chi connectivity index (χ0v) is 9.94. The second-order valence-corrected chi connectivity index (χ2v) is 4.00. The van der Waals surface area contributed by atoms with Gasteiger partial charge in [-0.15, -0.1) is 0 Å². The van der Waals surface area contributed by atoms with Gasteiger partial charge >= 0.3 is 0 Å². The average molecular weight is 230 g/mol. The Morgan fingerprint density at radius 1 is 1.24 bits per heavy atom. The van der Waals surface area contributed by atoms with Crippen molar-refractivity contribution in [3.05, 3.63) is 54.1 Å². The number of hydrogen-bond acceptors (Lipinski definition) is 2. The van der Waals surface area contributed by atoms with Crippen molar-refractivity contribution in [3.8, 4) is 11.1 Å². The van der Waals surface area contributed by atoms with Crippen LogP contribution < -0.4 is 5.32 Å². The third-order valence-corrected chi connectivity index (χ3v) is 2.88. The van der Waals surface area contributed by atoms with E-state index in [1.807, 2.05) is 26.1 Å². The second kappa shape index (κ2) is 5.06. The van der Waals surface area contributed by atoms with Crippen LogP contribution >= 0.6 is 0 Å². The van der Waals surface area contributed by atoms with Gasteiger partial charge in [0.2, 0.25) is 0 Å². The molecule has 3 heteroatoms. The van der Waals surface area contributed by atoms with Crippen LogP contribution in [0.5, 0.6) is 0 Å². The lowest BCUT2D eigenvalue weighted by molar-refractivity contribution is 0.630. The molecule has 1 unspecified atom stereocenters. The number of pyridine rings is 1. The summed E-state index contributed by atoms with van der Waals surface area (Å²) in [4.78, 5) is 4.16. The number of benzene rings is 1. The molecule has 2 aromatic rings. The third-order valence-electron chi connectivity index (χ3n) is 2.88. The molecule has 0 bridgehead atoms. The van der Waals surface area contributed by atoms with Crippen LogP contribution in [0.2, 0.25) is 0 Å². The number of nitrogens with zero attached hydrogens (tertiary/aromatic N) is 1. The Hall–Kier alpha value is -1.74. The van der Waals surface area contributed by atoms with Crippen LogP contribution in [0, 0.1) is 5.82 Å². The second-order valence-electron chi connectivity index (χ2n) is 4.00. The monoisotopic (exact) mass is 230 g/mol. The molecule has 0 radical (unpaired) electrons. The van der Waals surface area contributed by atoms with Gasteiger partial charge in [0.15, 0.2) is 0 Å². The number of nitrogens with one attached hydrogen (secondary N) is 1. The van der Waals surface area contributed by atoms with Crippen LogP contribution in [0.25, 0.3) is 11.1 Å². The van der Waals surface area contributed by atoms with Gasteiger partial charge in [0.1, 0.15) is 5.82 Å². The first-order chi connectivity index (χ1) is 8.22. The minimum absolute atomic E-state index is 0.203. The van der Waals surface area contributed by atoms with E-state index in [-0.39, 0.29) is 11.9 Å². The Morgan fingerprint density at radius 3 is 2.71 bits per heavy atom. The quantitative estimate of drug-likeness (QED) is 0.876. The van der Waals surface area contributed by atoms with Crippen LogP contribution in [0.1, 0.15) is 18.5 Å². The molecule has 0 aliphatic heterocycles. The minimum atomic E-state index is -0.219. The van der Waals surface area contributed by atoms with Crippen molar-refractivity contribution < 1.29 is 4.39 Å². The Kier molecular flexibility index (Phi) is 3.49. The van der Waals surface area contributed by atoms with Gasteiger partial charge in [-0.1, -0.05) is 18.2 Å². The van der Waals surface area contributed by atoms with E-state index in [9.17, 15) is 4.39 Å². The summed E-state index contributed by atoms with van der Waals surface area (Å²) in [6.07, 6.45) is 3.48. The highest BCUT2D eigenvalue weighted by molar-refractivity contribution is 5.63. The van der Waals surface area contributed by atoms with Crippen molar-refractivity contribution in [1.29, 1.82) is 0 Å². The molecule has 1 atom stereocenters. The highest BCUT2D eigenvalue weighted by atomic mass is 19.1. The molecule has 17 heavy (non-hydrogen) atoms. The standard InChI is InChI=1S/C14H15FN2/c1-10(16-2)11-7-12(9-17-8-11)13-5-3-4-6-14(13)15/h3-10,16H,1-2H3. The first-order valence-electron chi connectivity index (χ1n) is 5.59. The summed E-state index contributed by atoms with van der Waals surface area (Å²) in [5.41, 5.74) is 2.45. The fourth-order valence-electron chi connectivity index (χ4n) is 1.70. The van der Waals surface area contributed by atoms with E-state index in [2.05, 4.69) is 10.3 Å². The summed E-state index contributed by atoms with van der Waals surface area (Å²) in [6.45, 7) is 2.04. The molecule has 1 aromatic heterocycles. The van der Waals surface area contributed by atoms with Gasteiger partial charge in [0.25, 0.3) is 0 Å². The number of hydrogen-bond donors (Lipinski definition) is 1. The van der Waals surface area contributed by atoms with Gasteiger partial charge in [-0.25, -0.2) is 4.39 Å². The van der Waals surface area contributed by atoms with Crippen LogP contribution in [0.3, 0.4) is 0 Å². The van der Waals surface area contributed by atoms with E-state index in [0.717, 1.165) is 11.1 Å². The van der Waals surface area contributed by atoms with Crippen LogP contribution in [-0.4, -0.2) is 12.0 Å². The van der Waals surface area contributed by atoms with Crippen LogP contribution in [-0.2, 0) is 0 Å². The molecule has 0 saturated heterocycles. The molecule has 1 heterocycles. The molecule has 0 amide bonds. The molecule has 0 fully saturated rings. The first kappa shape index (κ1) is 11.7. The van der Waals surface area contributed by atoms with Crippen LogP contribution in [0.4, 0.5) is 4.39 Å². The summed E-state index contributed by atoms with van der Waals surface area (Å²) in [5.74, 6) is -0.219. The molecular weight excluding hydrogens is 215 g/mol. The molecule has 88 valence electrons. The average Bonchev–Trinajstić information content (AvgIpc) is 2.38. The molecule has 2 nitrogen and oxygen atoms in total. The SMILES string of the molecule is CNC(C)c1cncc(-c2ccccc2F)c1. The molecule has 2 rings (SSSR count). The summed E-state index contributed by atoms with van der Waals surface area (Å²) >= 11 is 0. The molecule has 0 aliphatic carbocycles. The van der Waals surface area contributed by atoms with Crippen molar-refractivity contribution in [2.24, 2.45) is 0 Å².